The van der Waals surface area contributed by atoms with E-state index < -0.39 is 0 Å². The third-order valence-corrected chi connectivity index (χ3v) is 5.29. The number of nitrogens with zero attached hydrogens (tertiary/aromatic N) is 3. The van der Waals surface area contributed by atoms with Crippen LogP contribution in [0.5, 0.6) is 5.75 Å². The Morgan fingerprint density at radius 3 is 2.62 bits per heavy atom. The van der Waals surface area contributed by atoms with Crippen molar-refractivity contribution >= 4 is 46.4 Å². The normalized spacial score (nSPS) is 15.6. The molecule has 0 radical (unpaired) electrons. The van der Waals surface area contributed by atoms with Gasteiger partial charge in [0, 0.05) is 0 Å². The second-order valence-corrected chi connectivity index (χ2v) is 7.28. The van der Waals surface area contributed by atoms with E-state index in [2.05, 4.69) is 10.1 Å². The topological polar surface area (TPSA) is 67.9 Å². The van der Waals surface area contributed by atoms with E-state index in [1.807, 2.05) is 73.7 Å². The van der Waals surface area contributed by atoms with E-state index in [-0.39, 0.29) is 5.91 Å². The van der Waals surface area contributed by atoms with Crippen LogP contribution in [-0.2, 0) is 4.79 Å². The van der Waals surface area contributed by atoms with Crippen LogP contribution in [0.3, 0.4) is 0 Å². The van der Waals surface area contributed by atoms with Gasteiger partial charge in [0.25, 0.3) is 0 Å². The summed E-state index contributed by atoms with van der Waals surface area (Å²) in [7, 11) is 1.62. The van der Waals surface area contributed by atoms with Gasteiger partial charge in [-0.1, -0.05) is 53.3 Å². The van der Waals surface area contributed by atoms with E-state index in [4.69, 9.17) is 9.26 Å². The molecule has 0 N–H and O–H groups in total. The van der Waals surface area contributed by atoms with Crippen LogP contribution in [-0.4, -0.2) is 29.1 Å². The Hall–Kier alpha value is -3.32. The Balaban J connectivity index is 1.68. The molecule has 1 aliphatic heterocycles. The molecule has 0 atom stereocenters. The molecule has 6 nitrogen and oxygen atoms in total. The number of ether oxygens (including phenoxy) is 1. The maximum Gasteiger partial charge on any atom is 0.243 e. The van der Waals surface area contributed by atoms with Gasteiger partial charge in [0.05, 0.1) is 18.6 Å². The quantitative estimate of drug-likeness (QED) is 0.602. The fraction of sp³-hybridized carbons (Fsp3) is 0.136. The van der Waals surface area contributed by atoms with Gasteiger partial charge in [0.15, 0.2) is 10.9 Å². The lowest BCUT2D eigenvalue weighted by molar-refractivity contribution is -0.115. The summed E-state index contributed by atoms with van der Waals surface area (Å²) in [6, 6.07) is 17.3. The van der Waals surface area contributed by atoms with Crippen LogP contribution in [0.25, 0.3) is 12.2 Å². The molecule has 2 aromatic carbocycles. The highest BCUT2D eigenvalue weighted by molar-refractivity contribution is 8.15. The number of amidine groups is 1. The minimum Gasteiger partial charge on any atom is -0.497 e. The molecular weight excluding hydrogens is 386 g/mol. The summed E-state index contributed by atoms with van der Waals surface area (Å²) in [4.78, 5) is 18.9. The van der Waals surface area contributed by atoms with Gasteiger partial charge in [-0.3, -0.25) is 9.69 Å². The van der Waals surface area contributed by atoms with Gasteiger partial charge in [-0.25, -0.2) is 4.99 Å². The van der Waals surface area contributed by atoms with Crippen LogP contribution in [0.2, 0.25) is 0 Å². The van der Waals surface area contributed by atoms with Crippen molar-refractivity contribution in [1.82, 2.24) is 5.16 Å². The maximum atomic E-state index is 12.7. The van der Waals surface area contributed by atoms with Gasteiger partial charge in [0.1, 0.15) is 17.1 Å². The van der Waals surface area contributed by atoms with Crippen LogP contribution in [0.1, 0.15) is 17.0 Å². The van der Waals surface area contributed by atoms with Crippen molar-refractivity contribution < 1.29 is 14.1 Å². The Bertz CT molecular complexity index is 1070. The minimum absolute atomic E-state index is 0.0528. The fourth-order valence-corrected chi connectivity index (χ4v) is 3.81. The molecule has 1 fully saturated rings. The molecule has 146 valence electrons. The third kappa shape index (κ3) is 4.09. The van der Waals surface area contributed by atoms with E-state index in [0.29, 0.717) is 28.1 Å². The number of hydrogen-bond donors (Lipinski definition) is 0. The van der Waals surface area contributed by atoms with E-state index in [0.717, 1.165) is 17.0 Å². The molecule has 1 saturated heterocycles. The summed E-state index contributed by atoms with van der Waals surface area (Å²) in [6.45, 7) is 1.82. The highest BCUT2D eigenvalue weighted by Crippen LogP contribution is 2.34. The first-order chi connectivity index (χ1) is 14.2. The molecule has 0 bridgehead atoms. The Kier molecular flexibility index (Phi) is 5.48. The first-order valence-corrected chi connectivity index (χ1v) is 10.0. The van der Waals surface area contributed by atoms with Crippen molar-refractivity contribution in [3.8, 4) is 5.75 Å². The highest BCUT2D eigenvalue weighted by Gasteiger charge is 2.34. The number of carbonyl (C=O) groups excluding carboxylic acids is 1. The number of aliphatic imine (C=N–C) groups is 1. The van der Waals surface area contributed by atoms with Crippen molar-refractivity contribution in [3.63, 3.8) is 0 Å². The zero-order valence-corrected chi connectivity index (χ0v) is 16.8. The second-order valence-electron chi connectivity index (χ2n) is 6.34. The number of aromatic nitrogens is 1. The summed E-state index contributed by atoms with van der Waals surface area (Å²) < 4.78 is 10.7. The number of rotatable bonds is 5. The minimum atomic E-state index is -0.0528. The summed E-state index contributed by atoms with van der Waals surface area (Å²) in [5, 5.41) is 4.67. The number of anilines is 1. The number of benzene rings is 2. The van der Waals surface area contributed by atoms with Crippen molar-refractivity contribution in [2.45, 2.75) is 6.92 Å². The molecule has 1 aromatic heterocycles. The monoisotopic (exact) mass is 405 g/mol. The van der Waals surface area contributed by atoms with E-state index in [9.17, 15) is 4.79 Å². The van der Waals surface area contributed by atoms with E-state index in [1.165, 1.54) is 11.8 Å². The predicted octanol–water partition coefficient (Wildman–Crippen LogP) is 4.93. The molecule has 0 unspecified atom stereocenters. The molecule has 1 amide bonds. The van der Waals surface area contributed by atoms with Gasteiger partial charge in [-0.2, -0.15) is 0 Å². The van der Waals surface area contributed by atoms with E-state index >= 15 is 0 Å². The lowest BCUT2D eigenvalue weighted by atomic mass is 10.2. The Labute approximate surface area is 172 Å². The lowest BCUT2D eigenvalue weighted by Gasteiger charge is -2.15. The average Bonchev–Trinajstić information content (AvgIpc) is 3.29. The molecular formula is C22H19N3O3S. The van der Waals surface area contributed by atoms with Crippen LogP contribution in [0.4, 0.5) is 11.4 Å². The maximum absolute atomic E-state index is 12.7. The molecule has 0 spiro atoms. The van der Waals surface area contributed by atoms with Gasteiger partial charge < -0.3 is 9.26 Å². The largest absolute Gasteiger partial charge is 0.497 e. The second kappa shape index (κ2) is 8.36. The molecule has 0 saturated carbocycles. The Morgan fingerprint density at radius 1 is 1.14 bits per heavy atom. The highest BCUT2D eigenvalue weighted by atomic mass is 32.2. The van der Waals surface area contributed by atoms with Crippen molar-refractivity contribution in [3.05, 3.63) is 71.6 Å². The zero-order valence-electron chi connectivity index (χ0n) is 16.0. The first kappa shape index (κ1) is 19.0. The smallest absolute Gasteiger partial charge is 0.243 e. The number of methoxy groups -OCH3 is 1. The summed E-state index contributed by atoms with van der Waals surface area (Å²) in [6.07, 6.45) is 3.75. The molecule has 29 heavy (non-hydrogen) atoms. The van der Waals surface area contributed by atoms with Crippen molar-refractivity contribution in [1.29, 1.82) is 0 Å². The average molecular weight is 405 g/mol. The Morgan fingerprint density at radius 2 is 1.90 bits per heavy atom. The lowest BCUT2D eigenvalue weighted by Crippen LogP contribution is -2.30. The fourth-order valence-electron chi connectivity index (χ4n) is 2.93. The zero-order chi connectivity index (χ0) is 20.2. The van der Waals surface area contributed by atoms with Gasteiger partial charge in [0.2, 0.25) is 5.91 Å². The molecule has 3 aromatic rings. The number of thioether (sulfide) groups is 1. The predicted molar refractivity (Wildman–Crippen MR) is 117 cm³/mol. The number of amides is 1. The van der Waals surface area contributed by atoms with Crippen LogP contribution < -0.4 is 9.64 Å². The van der Waals surface area contributed by atoms with Crippen LogP contribution in [0.15, 0.2) is 64.1 Å². The van der Waals surface area contributed by atoms with Crippen LogP contribution in [0, 0.1) is 6.92 Å². The van der Waals surface area contributed by atoms with Crippen molar-refractivity contribution in [2.75, 3.05) is 17.8 Å². The summed E-state index contributed by atoms with van der Waals surface area (Å²) in [5.41, 5.74) is 3.03. The van der Waals surface area contributed by atoms with Gasteiger partial charge >= 0.3 is 0 Å². The third-order valence-electron chi connectivity index (χ3n) is 4.37. The SMILES string of the molecule is COc1ccc(N=C2SCC(=O)N2c2c(C)noc2/C=C/c2ccccc2)cc1. The standard InChI is InChI=1S/C22H19N3O3S/c1-15-21(19(28-24-15)13-8-16-6-4-3-5-7-16)25-20(26)14-29-22(25)23-17-9-11-18(27-2)12-10-17/h3-13H,14H2,1-2H3/b13-8+,23-22?. The molecule has 7 heteroatoms. The van der Waals surface area contributed by atoms with E-state index in [1.54, 1.807) is 12.0 Å². The summed E-state index contributed by atoms with van der Waals surface area (Å²) >= 11 is 1.40. The van der Waals surface area contributed by atoms with Crippen LogP contribution >= 0.6 is 11.8 Å². The summed E-state index contributed by atoms with van der Waals surface area (Å²) in [5.74, 6) is 1.54. The molecule has 0 aliphatic carbocycles. The molecule has 4 rings (SSSR count). The van der Waals surface area contributed by atoms with Gasteiger partial charge in [-0.05, 0) is 42.8 Å². The number of aryl methyl sites for hydroxylation is 1. The van der Waals surface area contributed by atoms with Gasteiger partial charge in [-0.15, -0.1) is 0 Å². The number of carbonyl (C=O) groups is 1. The van der Waals surface area contributed by atoms with Crippen molar-refractivity contribution in [2.24, 2.45) is 4.99 Å². The molecule has 1 aliphatic rings. The molecule has 2 heterocycles. The number of hydrogen-bond acceptors (Lipinski definition) is 6. The first-order valence-electron chi connectivity index (χ1n) is 9.03.